The fraction of sp³-hybridized carbons (Fsp3) is 0.167. The average molecular weight is 555 g/mol. The van der Waals surface area contributed by atoms with E-state index in [-0.39, 0.29) is 17.3 Å². The molecule has 0 saturated heterocycles. The molecule has 3 aromatic carbocycles. The number of thiazole rings is 1. The Morgan fingerprint density at radius 3 is 2.54 bits per heavy atom. The number of fused-ring (bicyclic) bond motifs is 2. The van der Waals surface area contributed by atoms with Crippen LogP contribution >= 0.6 is 11.3 Å². The molecule has 1 aliphatic heterocycles. The summed E-state index contributed by atoms with van der Waals surface area (Å²) in [5, 5.41) is 0.569. The summed E-state index contributed by atoms with van der Waals surface area (Å²) in [7, 11) is -3.75. The van der Waals surface area contributed by atoms with Gasteiger partial charge in [0.1, 0.15) is 0 Å². The third-order valence-electron chi connectivity index (χ3n) is 6.87. The van der Waals surface area contributed by atoms with E-state index in [1.54, 1.807) is 23.2 Å². The zero-order valence-corrected chi connectivity index (χ0v) is 23.2. The van der Waals surface area contributed by atoms with E-state index in [9.17, 15) is 13.2 Å². The number of hydrogen-bond donors (Lipinski definition) is 0. The molecule has 0 fully saturated rings. The molecule has 3 heterocycles. The van der Waals surface area contributed by atoms with Gasteiger partial charge in [-0.25, -0.2) is 13.4 Å². The minimum atomic E-state index is -3.75. The first-order valence-corrected chi connectivity index (χ1v) is 14.9. The molecule has 0 saturated carbocycles. The number of pyridine rings is 1. The quantitative estimate of drug-likeness (QED) is 0.261. The van der Waals surface area contributed by atoms with Crippen molar-refractivity contribution in [3.63, 3.8) is 0 Å². The maximum atomic E-state index is 13.9. The predicted molar refractivity (Wildman–Crippen MR) is 155 cm³/mol. The first-order chi connectivity index (χ1) is 18.8. The first kappa shape index (κ1) is 25.2. The van der Waals surface area contributed by atoms with Crippen molar-refractivity contribution in [3.8, 4) is 0 Å². The van der Waals surface area contributed by atoms with Crippen LogP contribution in [0.25, 0.3) is 10.2 Å². The van der Waals surface area contributed by atoms with E-state index in [1.807, 2.05) is 56.3 Å². The van der Waals surface area contributed by atoms with Crippen LogP contribution in [0, 0.1) is 13.8 Å². The molecular weight excluding hydrogens is 528 g/mol. The Labute approximate surface area is 231 Å². The number of amides is 1. The summed E-state index contributed by atoms with van der Waals surface area (Å²) in [6.45, 7) is 4.69. The topological polar surface area (TPSA) is 83.5 Å². The number of benzene rings is 3. The number of para-hydroxylation sites is 1. The molecule has 0 N–H and O–H groups in total. The molecule has 7 nitrogen and oxygen atoms in total. The van der Waals surface area contributed by atoms with Crippen molar-refractivity contribution in [1.29, 1.82) is 0 Å². The maximum Gasteiger partial charge on any atom is 0.264 e. The zero-order valence-electron chi connectivity index (χ0n) is 21.5. The van der Waals surface area contributed by atoms with E-state index >= 15 is 0 Å². The number of sulfonamides is 1. The zero-order chi connectivity index (χ0) is 27.1. The van der Waals surface area contributed by atoms with E-state index in [1.165, 1.54) is 27.8 Å². The van der Waals surface area contributed by atoms with Gasteiger partial charge in [-0.15, -0.1) is 0 Å². The standard InChI is InChI=1S/C30H26N4O3S2/c1-20-17-21(2)28-27(18-20)38-30(32-28)33(19-24-8-5-6-15-31-24)29(35)23-10-12-25(13-11-23)39(36,37)34-16-14-22-7-3-4-9-26(22)34/h3-13,15,17-18H,14,16,19H2,1-2H3. The van der Waals surface area contributed by atoms with Crippen LogP contribution in [0.15, 0.2) is 90.0 Å². The van der Waals surface area contributed by atoms with Crippen molar-refractivity contribution in [2.45, 2.75) is 31.7 Å². The summed E-state index contributed by atoms with van der Waals surface area (Å²) >= 11 is 1.46. The number of carbonyl (C=O) groups is 1. The van der Waals surface area contributed by atoms with Crippen molar-refractivity contribution >= 4 is 48.3 Å². The van der Waals surface area contributed by atoms with Gasteiger partial charge in [0.05, 0.1) is 33.0 Å². The highest BCUT2D eigenvalue weighted by atomic mass is 32.2. The number of aromatic nitrogens is 2. The monoisotopic (exact) mass is 554 g/mol. The highest BCUT2D eigenvalue weighted by Crippen LogP contribution is 2.35. The number of carbonyl (C=O) groups excluding carboxylic acids is 1. The fourth-order valence-electron chi connectivity index (χ4n) is 4.96. The summed E-state index contributed by atoms with van der Waals surface area (Å²) in [4.78, 5) is 24.9. The lowest BCUT2D eigenvalue weighted by atomic mass is 10.1. The summed E-state index contributed by atoms with van der Waals surface area (Å²) < 4.78 is 29.3. The lowest BCUT2D eigenvalue weighted by Gasteiger charge is -2.21. The van der Waals surface area contributed by atoms with Gasteiger partial charge in [-0.05, 0) is 85.5 Å². The number of nitrogens with zero attached hydrogens (tertiary/aromatic N) is 4. The highest BCUT2D eigenvalue weighted by Gasteiger charge is 2.31. The van der Waals surface area contributed by atoms with Crippen molar-refractivity contribution in [2.75, 3.05) is 15.7 Å². The van der Waals surface area contributed by atoms with Crippen LogP contribution in [0.2, 0.25) is 0 Å². The molecule has 0 atom stereocenters. The van der Waals surface area contributed by atoms with Crippen LogP contribution in [0.4, 0.5) is 10.8 Å². The van der Waals surface area contributed by atoms with Gasteiger partial charge in [0.25, 0.3) is 15.9 Å². The summed E-state index contributed by atoms with van der Waals surface area (Å²) in [6.07, 6.45) is 2.37. The average Bonchev–Trinajstić information content (AvgIpc) is 3.57. The summed E-state index contributed by atoms with van der Waals surface area (Å²) in [6, 6.07) is 23.4. The van der Waals surface area contributed by atoms with Gasteiger partial charge in [-0.2, -0.15) is 0 Å². The van der Waals surface area contributed by atoms with Crippen molar-refractivity contribution in [3.05, 3.63) is 113 Å². The fourth-order valence-corrected chi connectivity index (χ4v) is 7.61. The molecule has 0 spiro atoms. The van der Waals surface area contributed by atoms with E-state index in [0.717, 1.165) is 32.6 Å². The SMILES string of the molecule is Cc1cc(C)c2nc(N(Cc3ccccn3)C(=O)c3ccc(S(=O)(=O)N4CCc5ccccc54)cc3)sc2c1. The van der Waals surface area contributed by atoms with Gasteiger partial charge in [-0.3, -0.25) is 19.0 Å². The van der Waals surface area contributed by atoms with E-state index in [0.29, 0.717) is 29.3 Å². The minimum absolute atomic E-state index is 0.151. The number of hydrogen-bond acceptors (Lipinski definition) is 6. The summed E-state index contributed by atoms with van der Waals surface area (Å²) in [5.74, 6) is -0.274. The van der Waals surface area contributed by atoms with E-state index in [4.69, 9.17) is 4.98 Å². The molecule has 39 heavy (non-hydrogen) atoms. The Morgan fingerprint density at radius 1 is 1.00 bits per heavy atom. The smallest absolute Gasteiger partial charge is 0.264 e. The number of aryl methyl sites for hydroxylation is 2. The van der Waals surface area contributed by atoms with Crippen LogP contribution < -0.4 is 9.21 Å². The Morgan fingerprint density at radius 2 is 1.77 bits per heavy atom. The first-order valence-electron chi connectivity index (χ1n) is 12.6. The summed E-state index contributed by atoms with van der Waals surface area (Å²) in [5.41, 5.74) is 5.88. The van der Waals surface area contributed by atoms with Gasteiger partial charge in [0.2, 0.25) is 0 Å². The molecule has 0 unspecified atom stereocenters. The molecule has 0 radical (unpaired) electrons. The third kappa shape index (κ3) is 4.68. The second kappa shape index (κ2) is 9.91. The number of rotatable bonds is 6. The Bertz CT molecular complexity index is 1800. The lowest BCUT2D eigenvalue weighted by molar-refractivity contribution is 0.0984. The second-order valence-electron chi connectivity index (χ2n) is 9.62. The van der Waals surface area contributed by atoms with Gasteiger partial charge < -0.3 is 0 Å². The predicted octanol–water partition coefficient (Wildman–Crippen LogP) is 5.91. The minimum Gasteiger partial charge on any atom is -0.278 e. The van der Waals surface area contributed by atoms with Crippen LogP contribution in [0.3, 0.4) is 0 Å². The van der Waals surface area contributed by atoms with E-state index < -0.39 is 10.0 Å². The molecule has 1 amide bonds. The molecule has 6 rings (SSSR count). The molecule has 5 aromatic rings. The van der Waals surface area contributed by atoms with Crippen LogP contribution in [0.5, 0.6) is 0 Å². The molecular formula is C30H26N4O3S2. The van der Waals surface area contributed by atoms with Gasteiger partial charge in [0, 0.05) is 18.3 Å². The molecule has 9 heteroatoms. The third-order valence-corrected chi connectivity index (χ3v) is 9.73. The molecule has 196 valence electrons. The van der Waals surface area contributed by atoms with Gasteiger partial charge in [-0.1, -0.05) is 41.7 Å². The normalized spacial score (nSPS) is 13.0. The number of anilines is 2. The lowest BCUT2D eigenvalue weighted by Crippen LogP contribution is -2.31. The van der Waals surface area contributed by atoms with Crippen LogP contribution in [0.1, 0.15) is 32.7 Å². The second-order valence-corrected chi connectivity index (χ2v) is 12.5. The molecule has 0 bridgehead atoms. The molecule has 2 aromatic heterocycles. The van der Waals surface area contributed by atoms with E-state index in [2.05, 4.69) is 17.1 Å². The Kier molecular flexibility index (Phi) is 6.40. The van der Waals surface area contributed by atoms with Gasteiger partial charge in [0.15, 0.2) is 5.13 Å². The van der Waals surface area contributed by atoms with Crippen molar-refractivity contribution in [1.82, 2.24) is 9.97 Å². The van der Waals surface area contributed by atoms with Crippen molar-refractivity contribution < 1.29 is 13.2 Å². The van der Waals surface area contributed by atoms with Crippen LogP contribution in [-0.4, -0.2) is 30.8 Å². The maximum absolute atomic E-state index is 13.9. The molecule has 0 aliphatic carbocycles. The van der Waals surface area contributed by atoms with Crippen molar-refractivity contribution in [2.24, 2.45) is 0 Å². The Hall–Kier alpha value is -4.08. The largest absolute Gasteiger partial charge is 0.278 e. The van der Waals surface area contributed by atoms with Gasteiger partial charge >= 0.3 is 0 Å². The highest BCUT2D eigenvalue weighted by molar-refractivity contribution is 7.92. The van der Waals surface area contributed by atoms with Crippen LogP contribution in [-0.2, 0) is 23.0 Å². The Balaban J connectivity index is 1.34. The molecule has 1 aliphatic rings.